The molecule has 0 unspecified atom stereocenters. The number of anilines is 1. The van der Waals surface area contributed by atoms with E-state index in [1.807, 2.05) is 0 Å². The molecule has 0 fully saturated rings. The van der Waals surface area contributed by atoms with E-state index in [2.05, 4.69) is 20.9 Å². The summed E-state index contributed by atoms with van der Waals surface area (Å²) >= 11 is 3.32. The SMILES string of the molecule is Nc1c(-c2cc(F)ccc2F)nc2ccc(Br)cn12. The van der Waals surface area contributed by atoms with Gasteiger partial charge in [0.15, 0.2) is 0 Å². The predicted molar refractivity (Wildman–Crippen MR) is 72.7 cm³/mol. The largest absolute Gasteiger partial charge is 0.383 e. The quantitative estimate of drug-likeness (QED) is 0.743. The molecule has 3 aromatic rings. The second-order valence-electron chi connectivity index (χ2n) is 4.05. The van der Waals surface area contributed by atoms with E-state index >= 15 is 0 Å². The van der Waals surface area contributed by atoms with Crippen molar-refractivity contribution >= 4 is 27.4 Å². The molecular weight excluding hydrogens is 316 g/mol. The first kappa shape index (κ1) is 12.1. The molecule has 2 N–H and O–H groups in total. The Kier molecular flexibility index (Phi) is 2.74. The number of fused-ring (bicyclic) bond motifs is 1. The molecule has 0 aliphatic rings. The molecule has 0 amide bonds. The van der Waals surface area contributed by atoms with Crippen LogP contribution in [0.2, 0.25) is 0 Å². The van der Waals surface area contributed by atoms with Gasteiger partial charge < -0.3 is 5.73 Å². The summed E-state index contributed by atoms with van der Waals surface area (Å²) in [5.41, 5.74) is 6.80. The Morgan fingerprint density at radius 3 is 2.74 bits per heavy atom. The zero-order valence-corrected chi connectivity index (χ0v) is 11.2. The van der Waals surface area contributed by atoms with Crippen LogP contribution in [0.3, 0.4) is 0 Å². The summed E-state index contributed by atoms with van der Waals surface area (Å²) in [7, 11) is 0. The third kappa shape index (κ3) is 1.98. The van der Waals surface area contributed by atoms with Crippen molar-refractivity contribution < 1.29 is 8.78 Å². The van der Waals surface area contributed by atoms with Gasteiger partial charge >= 0.3 is 0 Å². The molecule has 1 aromatic carbocycles. The molecule has 0 aliphatic heterocycles. The van der Waals surface area contributed by atoms with Gasteiger partial charge in [-0.15, -0.1) is 0 Å². The summed E-state index contributed by atoms with van der Waals surface area (Å²) in [6.07, 6.45) is 1.72. The number of aromatic nitrogens is 2. The Balaban J connectivity index is 2.31. The van der Waals surface area contributed by atoms with Crippen LogP contribution in [0.5, 0.6) is 0 Å². The molecule has 96 valence electrons. The van der Waals surface area contributed by atoms with E-state index in [0.29, 0.717) is 5.65 Å². The van der Waals surface area contributed by atoms with Crippen LogP contribution in [0.15, 0.2) is 41.0 Å². The van der Waals surface area contributed by atoms with Crippen LogP contribution in [-0.2, 0) is 0 Å². The summed E-state index contributed by atoms with van der Waals surface area (Å²) in [5.74, 6) is -0.828. The Labute approximate surface area is 115 Å². The molecule has 3 rings (SSSR count). The lowest BCUT2D eigenvalue weighted by molar-refractivity contribution is 0.603. The molecule has 6 heteroatoms. The van der Waals surface area contributed by atoms with Crippen molar-refractivity contribution in [1.82, 2.24) is 9.38 Å². The van der Waals surface area contributed by atoms with Crippen LogP contribution >= 0.6 is 15.9 Å². The van der Waals surface area contributed by atoms with Gasteiger partial charge in [-0.25, -0.2) is 13.8 Å². The molecule has 0 atom stereocenters. The minimum atomic E-state index is -0.560. The van der Waals surface area contributed by atoms with Crippen molar-refractivity contribution in [3.63, 3.8) is 0 Å². The number of nitrogens with zero attached hydrogens (tertiary/aromatic N) is 2. The second-order valence-corrected chi connectivity index (χ2v) is 4.96. The molecule has 0 bridgehead atoms. The minimum Gasteiger partial charge on any atom is -0.383 e. The lowest BCUT2D eigenvalue weighted by atomic mass is 10.1. The van der Waals surface area contributed by atoms with Gasteiger partial charge in [-0.2, -0.15) is 0 Å². The maximum absolute atomic E-state index is 13.8. The molecule has 2 heterocycles. The number of halogens is 3. The molecule has 3 nitrogen and oxygen atoms in total. The normalized spacial score (nSPS) is 11.1. The number of nitrogens with two attached hydrogens (primary N) is 1. The summed E-state index contributed by atoms with van der Waals surface area (Å²) in [6, 6.07) is 6.74. The number of imidazole rings is 1. The van der Waals surface area contributed by atoms with E-state index in [1.165, 1.54) is 0 Å². The molecular formula is C13H8BrF2N3. The third-order valence-corrected chi connectivity index (χ3v) is 3.27. The van der Waals surface area contributed by atoms with Crippen LogP contribution in [0.1, 0.15) is 0 Å². The van der Waals surface area contributed by atoms with E-state index in [-0.39, 0.29) is 17.1 Å². The first-order valence-electron chi connectivity index (χ1n) is 5.45. The van der Waals surface area contributed by atoms with Gasteiger partial charge in [0.25, 0.3) is 0 Å². The lowest BCUT2D eigenvalue weighted by Gasteiger charge is -2.01. The number of nitrogen functional groups attached to an aromatic ring is 1. The van der Waals surface area contributed by atoms with E-state index in [1.54, 1.807) is 22.7 Å². The van der Waals surface area contributed by atoms with Crippen molar-refractivity contribution in [2.75, 3.05) is 5.73 Å². The Hall–Kier alpha value is -1.95. The van der Waals surface area contributed by atoms with Crippen molar-refractivity contribution in [3.8, 4) is 11.3 Å². The number of hydrogen-bond acceptors (Lipinski definition) is 2. The maximum Gasteiger partial charge on any atom is 0.139 e. The first-order chi connectivity index (χ1) is 9.06. The maximum atomic E-state index is 13.8. The Bertz CT molecular complexity index is 783. The fraction of sp³-hybridized carbons (Fsp3) is 0. The van der Waals surface area contributed by atoms with Crippen LogP contribution in [-0.4, -0.2) is 9.38 Å². The molecule has 0 radical (unpaired) electrons. The molecule has 19 heavy (non-hydrogen) atoms. The number of hydrogen-bond donors (Lipinski definition) is 1. The highest BCUT2D eigenvalue weighted by Crippen LogP contribution is 2.29. The fourth-order valence-electron chi connectivity index (χ4n) is 1.91. The predicted octanol–water partition coefficient (Wildman–Crippen LogP) is 3.62. The highest BCUT2D eigenvalue weighted by atomic mass is 79.9. The fourth-order valence-corrected chi connectivity index (χ4v) is 2.25. The van der Waals surface area contributed by atoms with Crippen LogP contribution in [0.25, 0.3) is 16.9 Å². The summed E-state index contributed by atoms with van der Waals surface area (Å²) in [4.78, 5) is 4.24. The van der Waals surface area contributed by atoms with Gasteiger partial charge in [0.05, 0.1) is 0 Å². The second kappa shape index (κ2) is 4.31. The molecule has 0 saturated heterocycles. The van der Waals surface area contributed by atoms with Crippen molar-refractivity contribution in [1.29, 1.82) is 0 Å². The van der Waals surface area contributed by atoms with E-state index in [4.69, 9.17) is 5.73 Å². The van der Waals surface area contributed by atoms with Crippen molar-refractivity contribution in [2.24, 2.45) is 0 Å². The average Bonchev–Trinajstić information content (AvgIpc) is 2.70. The van der Waals surface area contributed by atoms with Gasteiger partial charge in [-0.3, -0.25) is 4.40 Å². The smallest absolute Gasteiger partial charge is 0.139 e. The summed E-state index contributed by atoms with van der Waals surface area (Å²) in [6.45, 7) is 0. The van der Waals surface area contributed by atoms with Gasteiger partial charge in [-0.1, -0.05) is 0 Å². The Morgan fingerprint density at radius 1 is 1.16 bits per heavy atom. The van der Waals surface area contributed by atoms with Crippen LogP contribution in [0.4, 0.5) is 14.6 Å². The average molecular weight is 324 g/mol. The molecule has 0 saturated carbocycles. The zero-order chi connectivity index (χ0) is 13.6. The number of pyridine rings is 1. The van der Waals surface area contributed by atoms with E-state index in [9.17, 15) is 8.78 Å². The molecule has 0 spiro atoms. The number of rotatable bonds is 1. The van der Waals surface area contributed by atoms with E-state index in [0.717, 1.165) is 22.7 Å². The molecule has 0 aliphatic carbocycles. The number of benzene rings is 1. The summed E-state index contributed by atoms with van der Waals surface area (Å²) in [5, 5.41) is 0. The summed E-state index contributed by atoms with van der Waals surface area (Å²) < 4.78 is 29.4. The standard InChI is InChI=1S/C13H8BrF2N3/c14-7-1-4-11-18-12(13(17)19(11)6-7)9-5-8(15)2-3-10(9)16/h1-6H,17H2. The van der Waals surface area contributed by atoms with Crippen molar-refractivity contribution in [2.45, 2.75) is 0 Å². The van der Waals surface area contributed by atoms with Crippen LogP contribution < -0.4 is 5.73 Å². The van der Waals surface area contributed by atoms with Gasteiger partial charge in [0.2, 0.25) is 0 Å². The highest BCUT2D eigenvalue weighted by molar-refractivity contribution is 9.10. The van der Waals surface area contributed by atoms with Gasteiger partial charge in [-0.05, 0) is 46.3 Å². The minimum absolute atomic E-state index is 0.0531. The topological polar surface area (TPSA) is 43.3 Å². The molecule has 2 aromatic heterocycles. The zero-order valence-electron chi connectivity index (χ0n) is 9.57. The van der Waals surface area contributed by atoms with Crippen LogP contribution in [0, 0.1) is 11.6 Å². The Morgan fingerprint density at radius 2 is 1.95 bits per heavy atom. The van der Waals surface area contributed by atoms with Crippen molar-refractivity contribution in [3.05, 3.63) is 52.6 Å². The van der Waals surface area contributed by atoms with Gasteiger partial charge in [0.1, 0.15) is 28.8 Å². The van der Waals surface area contributed by atoms with Gasteiger partial charge in [0, 0.05) is 16.2 Å². The highest BCUT2D eigenvalue weighted by Gasteiger charge is 2.15. The van der Waals surface area contributed by atoms with E-state index < -0.39 is 11.6 Å². The monoisotopic (exact) mass is 323 g/mol. The third-order valence-electron chi connectivity index (χ3n) is 2.80. The first-order valence-corrected chi connectivity index (χ1v) is 6.24. The lowest BCUT2D eigenvalue weighted by Crippen LogP contribution is -1.95.